The second kappa shape index (κ2) is 7.02. The van der Waals surface area contributed by atoms with E-state index in [1.165, 1.54) is 0 Å². The molecule has 0 amide bonds. The fourth-order valence-corrected chi connectivity index (χ4v) is 3.80. The molecule has 0 saturated carbocycles. The Bertz CT molecular complexity index is 1210. The molecule has 1 aliphatic heterocycles. The zero-order valence-corrected chi connectivity index (χ0v) is 15.9. The standard InChI is InChI=1S/C24H19NO4/c1-25-19-10-6-5-9-18(19)23(24(25)16-7-3-2-4-8-16)20(26)14-27-17-11-12-21-22(13-17)29-15-28-21/h2-13H,14-15H2,1H3. The van der Waals surface area contributed by atoms with Crippen molar-refractivity contribution in [1.82, 2.24) is 4.57 Å². The van der Waals surface area contributed by atoms with Gasteiger partial charge in [-0.1, -0.05) is 48.5 Å². The fourth-order valence-electron chi connectivity index (χ4n) is 3.80. The van der Waals surface area contributed by atoms with Crippen LogP contribution in [0, 0.1) is 0 Å². The molecule has 0 spiro atoms. The first-order chi connectivity index (χ1) is 14.2. The van der Waals surface area contributed by atoms with Gasteiger partial charge in [-0.25, -0.2) is 0 Å². The number of ketones is 1. The van der Waals surface area contributed by atoms with Crippen LogP contribution in [0.3, 0.4) is 0 Å². The van der Waals surface area contributed by atoms with Gasteiger partial charge >= 0.3 is 0 Å². The summed E-state index contributed by atoms with van der Waals surface area (Å²) in [6.07, 6.45) is 0. The van der Waals surface area contributed by atoms with E-state index >= 15 is 0 Å². The minimum Gasteiger partial charge on any atom is -0.485 e. The second-order valence-corrected chi connectivity index (χ2v) is 6.89. The molecular formula is C24H19NO4. The molecule has 5 heteroatoms. The average molecular weight is 385 g/mol. The number of benzene rings is 3. The lowest BCUT2D eigenvalue weighted by atomic mass is 10.0. The summed E-state index contributed by atoms with van der Waals surface area (Å²) >= 11 is 0. The lowest BCUT2D eigenvalue weighted by molar-refractivity contribution is 0.0923. The molecule has 29 heavy (non-hydrogen) atoms. The summed E-state index contributed by atoms with van der Waals surface area (Å²) in [5, 5.41) is 0.924. The van der Waals surface area contributed by atoms with Gasteiger partial charge in [-0.15, -0.1) is 0 Å². The molecule has 0 N–H and O–H groups in total. The lowest BCUT2D eigenvalue weighted by Gasteiger charge is -2.09. The van der Waals surface area contributed by atoms with E-state index in [1.54, 1.807) is 18.2 Å². The highest BCUT2D eigenvalue weighted by molar-refractivity contribution is 6.14. The number of ether oxygens (including phenoxy) is 3. The minimum absolute atomic E-state index is 0.0620. The number of fused-ring (bicyclic) bond motifs is 2. The first-order valence-electron chi connectivity index (χ1n) is 9.41. The van der Waals surface area contributed by atoms with E-state index in [-0.39, 0.29) is 19.2 Å². The predicted octanol–water partition coefficient (Wildman–Crippen LogP) is 4.84. The molecular weight excluding hydrogens is 366 g/mol. The van der Waals surface area contributed by atoms with Crippen molar-refractivity contribution in [3.05, 3.63) is 78.4 Å². The molecule has 5 nitrogen and oxygen atoms in total. The Morgan fingerprint density at radius 3 is 2.59 bits per heavy atom. The van der Waals surface area contributed by atoms with Crippen molar-refractivity contribution < 1.29 is 19.0 Å². The maximum Gasteiger partial charge on any atom is 0.231 e. The third kappa shape index (κ3) is 3.01. The van der Waals surface area contributed by atoms with E-state index in [0.29, 0.717) is 22.8 Å². The number of hydrogen-bond donors (Lipinski definition) is 0. The number of aromatic nitrogens is 1. The van der Waals surface area contributed by atoms with Gasteiger partial charge in [0.1, 0.15) is 5.75 Å². The van der Waals surface area contributed by atoms with Gasteiger partial charge in [0.15, 0.2) is 18.1 Å². The molecule has 1 aliphatic rings. The number of hydrogen-bond acceptors (Lipinski definition) is 4. The average Bonchev–Trinajstić information content (AvgIpc) is 3.35. The molecule has 0 unspecified atom stereocenters. The van der Waals surface area contributed by atoms with Crippen molar-refractivity contribution in [1.29, 1.82) is 0 Å². The van der Waals surface area contributed by atoms with Crippen molar-refractivity contribution in [3.8, 4) is 28.5 Å². The van der Waals surface area contributed by atoms with Crippen LogP contribution in [-0.2, 0) is 7.05 Å². The van der Waals surface area contributed by atoms with Crippen LogP contribution in [0.4, 0.5) is 0 Å². The van der Waals surface area contributed by atoms with Gasteiger partial charge in [-0.3, -0.25) is 4.79 Å². The fraction of sp³-hybridized carbons (Fsp3) is 0.125. The van der Waals surface area contributed by atoms with Gasteiger partial charge in [0.2, 0.25) is 12.6 Å². The van der Waals surface area contributed by atoms with E-state index in [1.807, 2.05) is 61.6 Å². The largest absolute Gasteiger partial charge is 0.485 e. The van der Waals surface area contributed by atoms with Crippen molar-refractivity contribution in [3.63, 3.8) is 0 Å². The summed E-state index contributed by atoms with van der Waals surface area (Å²) in [6, 6.07) is 23.2. The van der Waals surface area contributed by atoms with Gasteiger partial charge < -0.3 is 18.8 Å². The molecule has 0 atom stereocenters. The Morgan fingerprint density at radius 2 is 1.72 bits per heavy atom. The van der Waals surface area contributed by atoms with Gasteiger partial charge in [-0.05, 0) is 23.8 Å². The zero-order chi connectivity index (χ0) is 19.8. The molecule has 144 valence electrons. The summed E-state index contributed by atoms with van der Waals surface area (Å²) in [7, 11) is 1.99. The van der Waals surface area contributed by atoms with Crippen LogP contribution < -0.4 is 14.2 Å². The third-order valence-electron chi connectivity index (χ3n) is 5.15. The second-order valence-electron chi connectivity index (χ2n) is 6.89. The summed E-state index contributed by atoms with van der Waals surface area (Å²) in [5.41, 5.74) is 3.58. The Labute approximate surface area is 168 Å². The smallest absolute Gasteiger partial charge is 0.231 e. The van der Waals surface area contributed by atoms with Crippen LogP contribution in [0.5, 0.6) is 17.2 Å². The maximum absolute atomic E-state index is 13.3. The summed E-state index contributed by atoms with van der Waals surface area (Å²) in [5.74, 6) is 1.82. The van der Waals surface area contributed by atoms with E-state index in [2.05, 4.69) is 4.57 Å². The molecule has 3 aromatic carbocycles. The van der Waals surface area contributed by atoms with Gasteiger partial charge in [0, 0.05) is 24.0 Å². The number of aryl methyl sites for hydroxylation is 1. The Balaban J connectivity index is 1.51. The van der Waals surface area contributed by atoms with Gasteiger partial charge in [0.25, 0.3) is 0 Å². The molecule has 0 fully saturated rings. The summed E-state index contributed by atoms with van der Waals surface area (Å²) in [6.45, 7) is 0.141. The van der Waals surface area contributed by atoms with Gasteiger partial charge in [-0.2, -0.15) is 0 Å². The number of Topliss-reactive ketones (excluding diaryl/α,β-unsaturated/α-hetero) is 1. The third-order valence-corrected chi connectivity index (χ3v) is 5.15. The molecule has 2 heterocycles. The number of carbonyl (C=O) groups is 1. The molecule has 4 aromatic rings. The topological polar surface area (TPSA) is 49.7 Å². The highest BCUT2D eigenvalue weighted by atomic mass is 16.7. The van der Waals surface area contributed by atoms with Crippen molar-refractivity contribution in [2.24, 2.45) is 7.05 Å². The first kappa shape index (κ1) is 17.4. The van der Waals surface area contributed by atoms with E-state index in [4.69, 9.17) is 14.2 Å². The molecule has 5 rings (SSSR count). The van der Waals surface area contributed by atoms with Crippen molar-refractivity contribution in [2.75, 3.05) is 13.4 Å². The molecule has 0 bridgehead atoms. The quantitative estimate of drug-likeness (QED) is 0.462. The molecule has 0 saturated heterocycles. The van der Waals surface area contributed by atoms with Crippen molar-refractivity contribution in [2.45, 2.75) is 0 Å². The lowest BCUT2D eigenvalue weighted by Crippen LogP contribution is -2.12. The molecule has 0 aliphatic carbocycles. The summed E-state index contributed by atoms with van der Waals surface area (Å²) < 4.78 is 18.6. The number of nitrogens with zero attached hydrogens (tertiary/aromatic N) is 1. The predicted molar refractivity (Wildman–Crippen MR) is 111 cm³/mol. The van der Waals surface area contributed by atoms with Crippen LogP contribution in [0.25, 0.3) is 22.2 Å². The highest BCUT2D eigenvalue weighted by Gasteiger charge is 2.23. The first-order valence-corrected chi connectivity index (χ1v) is 9.41. The Morgan fingerprint density at radius 1 is 0.966 bits per heavy atom. The molecule has 1 aromatic heterocycles. The van der Waals surface area contributed by atoms with Crippen LogP contribution in [0.2, 0.25) is 0 Å². The SMILES string of the molecule is Cn1c(-c2ccccc2)c(C(=O)COc2ccc3c(c2)OCO3)c2ccccc21. The van der Waals surface area contributed by atoms with E-state index < -0.39 is 0 Å². The zero-order valence-electron chi connectivity index (χ0n) is 15.9. The van der Waals surface area contributed by atoms with Crippen molar-refractivity contribution >= 4 is 16.7 Å². The van der Waals surface area contributed by atoms with Crippen LogP contribution in [0.15, 0.2) is 72.8 Å². The maximum atomic E-state index is 13.3. The van der Waals surface area contributed by atoms with E-state index in [9.17, 15) is 4.79 Å². The monoisotopic (exact) mass is 385 g/mol. The number of carbonyl (C=O) groups excluding carboxylic acids is 1. The van der Waals surface area contributed by atoms with Crippen LogP contribution in [0.1, 0.15) is 10.4 Å². The number of rotatable bonds is 5. The summed E-state index contributed by atoms with van der Waals surface area (Å²) in [4.78, 5) is 13.3. The van der Waals surface area contributed by atoms with Crippen LogP contribution >= 0.6 is 0 Å². The normalized spacial score (nSPS) is 12.3. The van der Waals surface area contributed by atoms with Gasteiger partial charge in [0.05, 0.1) is 11.3 Å². The Kier molecular flexibility index (Phi) is 4.21. The molecule has 0 radical (unpaired) electrons. The highest BCUT2D eigenvalue weighted by Crippen LogP contribution is 2.36. The van der Waals surface area contributed by atoms with E-state index in [0.717, 1.165) is 22.2 Å². The van der Waals surface area contributed by atoms with Crippen LogP contribution in [-0.4, -0.2) is 23.8 Å². The number of para-hydroxylation sites is 1. The Hall–Kier alpha value is -3.73. The minimum atomic E-state index is -0.0710.